The highest BCUT2D eigenvalue weighted by Crippen LogP contribution is 2.29. The number of hydrogen-bond acceptors (Lipinski definition) is 3. The molecule has 1 aromatic carbocycles. The molecule has 1 atom stereocenters. The second-order valence-electron chi connectivity index (χ2n) is 6.42. The summed E-state index contributed by atoms with van der Waals surface area (Å²) in [6, 6.07) is 9.53. The lowest BCUT2D eigenvalue weighted by Crippen LogP contribution is -2.33. The van der Waals surface area contributed by atoms with Crippen LogP contribution in [0.2, 0.25) is 0 Å². The van der Waals surface area contributed by atoms with Crippen LogP contribution in [-0.2, 0) is 14.3 Å². The SMILES string of the molecule is O=C(CC1CCCC1)O[C@H](C(=O)NC1CC1)c1ccccc1. The third-order valence-corrected chi connectivity index (χ3v) is 4.44. The third-order valence-electron chi connectivity index (χ3n) is 4.44. The first-order chi connectivity index (χ1) is 10.7. The summed E-state index contributed by atoms with van der Waals surface area (Å²) in [4.78, 5) is 24.6. The molecule has 0 heterocycles. The van der Waals surface area contributed by atoms with Crippen molar-refractivity contribution >= 4 is 11.9 Å². The second-order valence-corrected chi connectivity index (χ2v) is 6.42. The van der Waals surface area contributed by atoms with Crippen LogP contribution in [0.5, 0.6) is 0 Å². The summed E-state index contributed by atoms with van der Waals surface area (Å²) < 4.78 is 5.54. The van der Waals surface area contributed by atoms with Gasteiger partial charge in [-0.15, -0.1) is 0 Å². The molecule has 4 heteroatoms. The third kappa shape index (κ3) is 4.09. The van der Waals surface area contributed by atoms with E-state index in [9.17, 15) is 9.59 Å². The van der Waals surface area contributed by atoms with E-state index in [4.69, 9.17) is 4.74 Å². The average molecular weight is 301 g/mol. The molecule has 3 rings (SSSR count). The zero-order valence-corrected chi connectivity index (χ0v) is 12.8. The number of esters is 1. The molecule has 0 unspecified atom stereocenters. The van der Waals surface area contributed by atoms with Crippen LogP contribution in [-0.4, -0.2) is 17.9 Å². The summed E-state index contributed by atoms with van der Waals surface area (Å²) in [5, 5.41) is 2.94. The molecular weight excluding hydrogens is 278 g/mol. The van der Waals surface area contributed by atoms with Crippen molar-refractivity contribution in [1.82, 2.24) is 5.32 Å². The number of nitrogens with one attached hydrogen (secondary N) is 1. The Morgan fingerprint density at radius 3 is 2.41 bits per heavy atom. The van der Waals surface area contributed by atoms with Gasteiger partial charge in [-0.05, 0) is 31.6 Å². The molecule has 2 fully saturated rings. The van der Waals surface area contributed by atoms with Gasteiger partial charge in [0.2, 0.25) is 6.10 Å². The van der Waals surface area contributed by atoms with Crippen molar-refractivity contribution in [2.45, 2.75) is 57.1 Å². The molecule has 118 valence electrons. The molecule has 0 radical (unpaired) electrons. The van der Waals surface area contributed by atoms with Crippen LogP contribution < -0.4 is 5.32 Å². The van der Waals surface area contributed by atoms with Crippen LogP contribution in [0.15, 0.2) is 30.3 Å². The smallest absolute Gasteiger partial charge is 0.307 e. The minimum absolute atomic E-state index is 0.200. The maximum Gasteiger partial charge on any atom is 0.307 e. The van der Waals surface area contributed by atoms with E-state index in [-0.39, 0.29) is 17.9 Å². The van der Waals surface area contributed by atoms with E-state index in [0.29, 0.717) is 12.3 Å². The number of amides is 1. The molecule has 2 aliphatic carbocycles. The van der Waals surface area contributed by atoms with Gasteiger partial charge in [0, 0.05) is 18.0 Å². The molecule has 1 aromatic rings. The number of carbonyl (C=O) groups is 2. The maximum atomic E-state index is 12.4. The van der Waals surface area contributed by atoms with Crippen molar-refractivity contribution in [3.63, 3.8) is 0 Å². The Morgan fingerprint density at radius 1 is 1.09 bits per heavy atom. The molecule has 0 aliphatic heterocycles. The molecular formula is C18H23NO3. The first-order valence-electron chi connectivity index (χ1n) is 8.27. The topological polar surface area (TPSA) is 55.4 Å². The van der Waals surface area contributed by atoms with Gasteiger partial charge in [0.1, 0.15) is 0 Å². The van der Waals surface area contributed by atoms with Gasteiger partial charge < -0.3 is 10.1 Å². The highest BCUT2D eigenvalue weighted by atomic mass is 16.5. The molecule has 1 N–H and O–H groups in total. The van der Waals surface area contributed by atoms with Crippen molar-refractivity contribution in [2.75, 3.05) is 0 Å². The fourth-order valence-corrected chi connectivity index (χ4v) is 3.04. The fourth-order valence-electron chi connectivity index (χ4n) is 3.04. The minimum atomic E-state index is -0.823. The second kappa shape index (κ2) is 6.95. The summed E-state index contributed by atoms with van der Waals surface area (Å²) in [7, 11) is 0. The molecule has 1 amide bonds. The number of hydrogen-bond donors (Lipinski definition) is 1. The Morgan fingerprint density at radius 2 is 1.77 bits per heavy atom. The van der Waals surface area contributed by atoms with Crippen LogP contribution in [0.4, 0.5) is 0 Å². The summed E-state index contributed by atoms with van der Waals surface area (Å²) in [5.74, 6) is -0.0319. The number of carbonyl (C=O) groups excluding carboxylic acids is 2. The number of ether oxygens (including phenoxy) is 1. The summed E-state index contributed by atoms with van der Waals surface area (Å²) in [6.07, 6.45) is 6.23. The fraction of sp³-hybridized carbons (Fsp3) is 0.556. The van der Waals surface area contributed by atoms with E-state index < -0.39 is 6.10 Å². The van der Waals surface area contributed by atoms with Gasteiger partial charge in [0.05, 0.1) is 0 Å². The maximum absolute atomic E-state index is 12.4. The Labute approximate surface area is 131 Å². The minimum Gasteiger partial charge on any atom is -0.447 e. The van der Waals surface area contributed by atoms with Gasteiger partial charge in [0.25, 0.3) is 5.91 Å². The van der Waals surface area contributed by atoms with Crippen molar-refractivity contribution in [3.05, 3.63) is 35.9 Å². The molecule has 22 heavy (non-hydrogen) atoms. The van der Waals surface area contributed by atoms with Crippen molar-refractivity contribution in [2.24, 2.45) is 5.92 Å². The van der Waals surface area contributed by atoms with Crippen LogP contribution in [0.25, 0.3) is 0 Å². The summed E-state index contributed by atoms with van der Waals surface area (Å²) in [6.45, 7) is 0. The average Bonchev–Trinajstić information content (AvgIpc) is 3.19. The molecule has 2 aliphatic rings. The first-order valence-corrected chi connectivity index (χ1v) is 8.27. The Hall–Kier alpha value is -1.84. The zero-order valence-electron chi connectivity index (χ0n) is 12.8. The van der Waals surface area contributed by atoms with Gasteiger partial charge >= 0.3 is 5.97 Å². The monoisotopic (exact) mass is 301 g/mol. The van der Waals surface area contributed by atoms with E-state index in [2.05, 4.69) is 5.32 Å². The van der Waals surface area contributed by atoms with Crippen LogP contribution in [0.1, 0.15) is 56.6 Å². The number of benzene rings is 1. The van der Waals surface area contributed by atoms with Gasteiger partial charge in [-0.2, -0.15) is 0 Å². The molecule has 4 nitrogen and oxygen atoms in total. The molecule has 0 spiro atoms. The van der Waals surface area contributed by atoms with Crippen molar-refractivity contribution in [1.29, 1.82) is 0 Å². The van der Waals surface area contributed by atoms with E-state index in [1.807, 2.05) is 30.3 Å². The summed E-state index contributed by atoms with van der Waals surface area (Å²) >= 11 is 0. The van der Waals surface area contributed by atoms with Gasteiger partial charge in [-0.3, -0.25) is 9.59 Å². The molecule has 0 bridgehead atoms. The summed E-state index contributed by atoms with van der Waals surface area (Å²) in [5.41, 5.74) is 0.737. The van der Waals surface area contributed by atoms with Crippen molar-refractivity contribution in [3.8, 4) is 0 Å². The molecule has 0 aromatic heterocycles. The standard InChI is InChI=1S/C18H23NO3/c20-16(12-13-6-4-5-7-13)22-17(14-8-2-1-3-9-14)18(21)19-15-10-11-15/h1-3,8-9,13,15,17H,4-7,10-12H2,(H,19,21)/t17-/m0/s1. The van der Waals surface area contributed by atoms with E-state index in [1.165, 1.54) is 12.8 Å². The first kappa shape index (κ1) is 15.1. The largest absolute Gasteiger partial charge is 0.447 e. The number of rotatable bonds is 6. The van der Waals surface area contributed by atoms with Gasteiger partial charge in [-0.25, -0.2) is 0 Å². The van der Waals surface area contributed by atoms with Crippen LogP contribution in [0.3, 0.4) is 0 Å². The molecule has 2 saturated carbocycles. The lowest BCUT2D eigenvalue weighted by atomic mass is 10.0. The van der Waals surface area contributed by atoms with Crippen LogP contribution in [0, 0.1) is 5.92 Å². The predicted molar refractivity (Wildman–Crippen MR) is 83.0 cm³/mol. The van der Waals surface area contributed by atoms with E-state index >= 15 is 0 Å². The Kier molecular flexibility index (Phi) is 4.76. The quantitative estimate of drug-likeness (QED) is 0.821. The highest BCUT2D eigenvalue weighted by molar-refractivity contribution is 5.85. The van der Waals surface area contributed by atoms with Crippen molar-refractivity contribution < 1.29 is 14.3 Å². The van der Waals surface area contributed by atoms with Gasteiger partial charge in [0.15, 0.2) is 0 Å². The Bertz CT molecular complexity index is 518. The highest BCUT2D eigenvalue weighted by Gasteiger charge is 2.31. The van der Waals surface area contributed by atoms with E-state index in [1.54, 1.807) is 0 Å². The lowest BCUT2D eigenvalue weighted by molar-refractivity contribution is -0.157. The van der Waals surface area contributed by atoms with E-state index in [0.717, 1.165) is 31.2 Å². The van der Waals surface area contributed by atoms with Crippen LogP contribution >= 0.6 is 0 Å². The molecule has 0 saturated heterocycles. The Balaban J connectivity index is 1.64. The lowest BCUT2D eigenvalue weighted by Gasteiger charge is -2.19. The predicted octanol–water partition coefficient (Wildman–Crippen LogP) is 3.13. The zero-order chi connectivity index (χ0) is 15.4. The normalized spacial score (nSPS) is 19.6. The van der Waals surface area contributed by atoms with Gasteiger partial charge in [-0.1, -0.05) is 43.2 Å².